The number of aliphatic carboxylic acids is 1. The molecular weight excluding hydrogens is 412 g/mol. The van der Waals surface area contributed by atoms with Crippen LogP contribution < -0.4 is 10.0 Å². The number of alkyl carbamates (subject to hydrolysis) is 1. The molecule has 1 aliphatic rings. The Hall–Kier alpha value is -2.33. The molecule has 0 bridgehead atoms. The van der Waals surface area contributed by atoms with Crippen LogP contribution in [-0.4, -0.2) is 43.1 Å². The van der Waals surface area contributed by atoms with Gasteiger partial charge in [0, 0.05) is 11.4 Å². The van der Waals surface area contributed by atoms with E-state index < -0.39 is 44.9 Å². The quantitative estimate of drug-likeness (QED) is 0.644. The molecular formula is C17H21ClN2O7S. The first-order chi connectivity index (χ1) is 12.8. The van der Waals surface area contributed by atoms with Gasteiger partial charge in [0.1, 0.15) is 16.9 Å². The molecule has 0 spiro atoms. The number of carbonyl (C=O) groups is 3. The third-order valence-electron chi connectivity index (χ3n) is 3.84. The molecule has 154 valence electrons. The Bertz CT molecular complexity index is 909. The summed E-state index contributed by atoms with van der Waals surface area (Å²) in [4.78, 5) is 34.7. The van der Waals surface area contributed by atoms with Gasteiger partial charge < -0.3 is 15.2 Å². The van der Waals surface area contributed by atoms with E-state index in [2.05, 4.69) is 5.32 Å². The lowest BCUT2D eigenvalue weighted by Crippen LogP contribution is -2.44. The fraction of sp³-hybridized carbons (Fsp3) is 0.471. The summed E-state index contributed by atoms with van der Waals surface area (Å²) in [6, 6.07) is 3.09. The van der Waals surface area contributed by atoms with Crippen molar-refractivity contribution in [3.05, 3.63) is 34.3 Å². The van der Waals surface area contributed by atoms with E-state index in [1.165, 1.54) is 18.2 Å². The van der Waals surface area contributed by atoms with Crippen LogP contribution in [0.3, 0.4) is 0 Å². The fourth-order valence-corrected chi connectivity index (χ4v) is 4.52. The zero-order valence-electron chi connectivity index (χ0n) is 15.5. The van der Waals surface area contributed by atoms with E-state index in [9.17, 15) is 27.9 Å². The molecule has 1 aromatic carbocycles. The van der Waals surface area contributed by atoms with Crippen LogP contribution in [0.25, 0.3) is 0 Å². The van der Waals surface area contributed by atoms with Crippen LogP contribution in [0.15, 0.2) is 18.2 Å². The van der Waals surface area contributed by atoms with E-state index in [0.717, 1.165) is 0 Å². The monoisotopic (exact) mass is 432 g/mol. The summed E-state index contributed by atoms with van der Waals surface area (Å²) < 4.78 is 30.9. The van der Waals surface area contributed by atoms with Crippen LogP contribution in [-0.2, 0) is 30.8 Å². The smallest absolute Gasteiger partial charge is 0.408 e. The fourth-order valence-electron chi connectivity index (χ4n) is 2.67. The molecule has 2 amide bonds. The van der Waals surface area contributed by atoms with Gasteiger partial charge >= 0.3 is 12.1 Å². The van der Waals surface area contributed by atoms with Crippen molar-refractivity contribution in [1.29, 1.82) is 0 Å². The van der Waals surface area contributed by atoms with Gasteiger partial charge in [0.05, 0.1) is 6.42 Å². The van der Waals surface area contributed by atoms with Crippen LogP contribution in [0.4, 0.5) is 4.79 Å². The van der Waals surface area contributed by atoms with Crippen molar-refractivity contribution in [3.8, 4) is 0 Å². The second kappa shape index (κ2) is 7.96. The van der Waals surface area contributed by atoms with Crippen molar-refractivity contribution in [1.82, 2.24) is 10.0 Å². The molecule has 0 aliphatic carbocycles. The molecule has 2 atom stereocenters. The molecule has 28 heavy (non-hydrogen) atoms. The Balaban J connectivity index is 2.17. The highest BCUT2D eigenvalue weighted by Crippen LogP contribution is 2.35. The molecule has 3 N–H and O–H groups in total. The predicted octanol–water partition coefficient (Wildman–Crippen LogP) is 1.75. The molecule has 1 heterocycles. The van der Waals surface area contributed by atoms with Crippen molar-refractivity contribution >= 4 is 39.6 Å². The first-order valence-corrected chi connectivity index (χ1v) is 10.3. The summed E-state index contributed by atoms with van der Waals surface area (Å²) in [5, 5.41) is 10.6. The summed E-state index contributed by atoms with van der Waals surface area (Å²) in [5.41, 5.74) is -0.0706. The van der Waals surface area contributed by atoms with Gasteiger partial charge in [-0.25, -0.2) is 18.0 Å². The molecule has 9 nitrogen and oxygen atoms in total. The average molecular weight is 433 g/mol. The second-order valence-electron chi connectivity index (χ2n) is 7.36. The van der Waals surface area contributed by atoms with Crippen LogP contribution in [0.5, 0.6) is 0 Å². The maximum atomic E-state index is 12.0. The second-order valence-corrected chi connectivity index (χ2v) is 9.63. The highest BCUT2D eigenvalue weighted by atomic mass is 35.5. The number of carboxylic acid groups (broad SMARTS) is 1. The predicted molar refractivity (Wildman–Crippen MR) is 100 cm³/mol. The number of hydrogen-bond acceptors (Lipinski definition) is 6. The summed E-state index contributed by atoms with van der Waals surface area (Å²) in [6.07, 6.45) is -1.20. The number of hydrogen-bond donors (Lipinski definition) is 3. The van der Waals surface area contributed by atoms with Crippen molar-refractivity contribution in [3.63, 3.8) is 0 Å². The van der Waals surface area contributed by atoms with Gasteiger partial charge in [-0.15, -0.1) is 0 Å². The lowest BCUT2D eigenvalue weighted by atomic mass is 10.0. The zero-order valence-corrected chi connectivity index (χ0v) is 17.1. The number of halogens is 1. The number of rotatable bonds is 5. The molecule has 0 saturated carbocycles. The number of sulfonamides is 1. The Labute approximate surface area is 167 Å². The lowest BCUT2D eigenvalue weighted by Gasteiger charge is -2.22. The summed E-state index contributed by atoms with van der Waals surface area (Å²) in [6.45, 7) is 4.95. The first-order valence-electron chi connectivity index (χ1n) is 8.33. The summed E-state index contributed by atoms with van der Waals surface area (Å²) in [5.74, 6) is -1.88. The molecule has 0 unspecified atom stereocenters. The Morgan fingerprint density at radius 2 is 2.04 bits per heavy atom. The number of amides is 2. The maximum absolute atomic E-state index is 12.0. The van der Waals surface area contributed by atoms with Crippen molar-refractivity contribution in [2.75, 3.05) is 0 Å². The number of benzene rings is 1. The molecule has 0 radical (unpaired) electrons. The van der Waals surface area contributed by atoms with Crippen LogP contribution in [0, 0.1) is 0 Å². The zero-order chi connectivity index (χ0) is 21.3. The Morgan fingerprint density at radius 3 is 2.50 bits per heavy atom. The highest BCUT2D eigenvalue weighted by Gasteiger charge is 2.39. The van der Waals surface area contributed by atoms with Gasteiger partial charge in [0.2, 0.25) is 15.9 Å². The van der Waals surface area contributed by atoms with Gasteiger partial charge in [0.15, 0.2) is 0 Å². The van der Waals surface area contributed by atoms with Crippen LogP contribution in [0.1, 0.15) is 43.6 Å². The number of ether oxygens (including phenoxy) is 1. The molecule has 1 aromatic rings. The summed E-state index contributed by atoms with van der Waals surface area (Å²) >= 11 is 6.18. The van der Waals surface area contributed by atoms with Gasteiger partial charge in [0.25, 0.3) is 0 Å². The minimum Gasteiger partial charge on any atom is -0.480 e. The molecule has 2 rings (SSSR count). The number of carboxylic acids is 1. The highest BCUT2D eigenvalue weighted by molar-refractivity contribution is 7.90. The van der Waals surface area contributed by atoms with Gasteiger partial charge in [-0.05, 0) is 38.0 Å². The van der Waals surface area contributed by atoms with Crippen molar-refractivity contribution in [2.24, 2.45) is 0 Å². The average Bonchev–Trinajstić information content (AvgIpc) is 2.77. The molecule has 1 saturated heterocycles. The van der Waals surface area contributed by atoms with Gasteiger partial charge in [-0.1, -0.05) is 23.7 Å². The first kappa shape index (κ1) is 22.0. The van der Waals surface area contributed by atoms with E-state index >= 15 is 0 Å². The van der Waals surface area contributed by atoms with E-state index in [0.29, 0.717) is 5.56 Å². The van der Waals surface area contributed by atoms with E-state index in [4.69, 9.17) is 16.3 Å². The van der Waals surface area contributed by atoms with Crippen molar-refractivity contribution in [2.45, 2.75) is 50.5 Å². The lowest BCUT2D eigenvalue weighted by molar-refractivity contribution is -0.139. The Kier molecular flexibility index (Phi) is 6.24. The van der Waals surface area contributed by atoms with E-state index in [1.54, 1.807) is 20.8 Å². The minimum atomic E-state index is -3.85. The molecule has 1 fully saturated rings. The largest absolute Gasteiger partial charge is 0.480 e. The van der Waals surface area contributed by atoms with E-state index in [-0.39, 0.29) is 23.4 Å². The van der Waals surface area contributed by atoms with Crippen molar-refractivity contribution < 1.29 is 32.6 Å². The SMILES string of the molecule is CC(C)(C)OC(=O)N[C@@H](Cc1ccc([C@@H]2CC(=O)NS2(=O)=O)c(Cl)c1)C(=O)O. The van der Waals surface area contributed by atoms with Crippen LogP contribution in [0.2, 0.25) is 5.02 Å². The normalized spacial score (nSPS) is 19.6. The summed E-state index contributed by atoms with van der Waals surface area (Å²) in [7, 11) is -3.85. The minimum absolute atomic E-state index is 0.0870. The Morgan fingerprint density at radius 1 is 1.39 bits per heavy atom. The van der Waals surface area contributed by atoms with E-state index in [1.807, 2.05) is 4.72 Å². The topological polar surface area (TPSA) is 139 Å². The molecule has 0 aromatic heterocycles. The third kappa shape index (κ3) is 5.59. The molecule has 1 aliphatic heterocycles. The number of nitrogens with one attached hydrogen (secondary N) is 2. The standard InChI is InChI=1S/C17H21ClN2O7S/c1-17(2,3)27-16(24)19-12(15(22)23)7-9-4-5-10(11(18)6-9)13-8-14(21)20-28(13,25)26/h4-6,12-13H,7-8H2,1-3H3,(H,19,24)(H,20,21)(H,22,23)/t12-,13-/m0/s1. The van der Waals surface area contributed by atoms with Gasteiger partial charge in [-0.2, -0.15) is 0 Å². The third-order valence-corrected chi connectivity index (χ3v) is 5.85. The van der Waals surface area contributed by atoms with Crippen LogP contribution >= 0.6 is 11.6 Å². The molecule has 11 heteroatoms. The number of carbonyl (C=O) groups excluding carboxylic acids is 2. The maximum Gasteiger partial charge on any atom is 0.408 e. The van der Waals surface area contributed by atoms with Gasteiger partial charge in [-0.3, -0.25) is 9.52 Å².